The number of nitrogens with one attached hydrogen (secondary N) is 1. The van der Waals surface area contributed by atoms with Gasteiger partial charge in [0.05, 0.1) is 21.7 Å². The number of ether oxygens (including phenoxy) is 1. The van der Waals surface area contributed by atoms with Crippen molar-refractivity contribution in [2.75, 3.05) is 11.9 Å². The highest BCUT2D eigenvalue weighted by Crippen LogP contribution is 2.58. The molecule has 3 rings (SSSR count). The number of hydrogen-bond acceptors (Lipinski definition) is 4. The molecule has 114 valence electrons. The molecule has 6 heteroatoms. The third-order valence-corrected chi connectivity index (χ3v) is 5.24. The van der Waals surface area contributed by atoms with Crippen LogP contribution in [0.2, 0.25) is 5.02 Å². The molecule has 2 unspecified atom stereocenters. The molecule has 0 heterocycles. The molecule has 1 spiro atoms. The van der Waals surface area contributed by atoms with Gasteiger partial charge in [0.1, 0.15) is 0 Å². The second kappa shape index (κ2) is 5.46. The molecule has 1 aromatic rings. The van der Waals surface area contributed by atoms with Crippen molar-refractivity contribution in [3.63, 3.8) is 0 Å². The summed E-state index contributed by atoms with van der Waals surface area (Å²) < 4.78 is 5.82. The van der Waals surface area contributed by atoms with Crippen LogP contribution in [0.3, 0.4) is 0 Å². The van der Waals surface area contributed by atoms with E-state index in [1.54, 1.807) is 6.07 Å². The maximum Gasteiger partial charge on any atom is 0.271 e. The van der Waals surface area contributed by atoms with E-state index in [1.165, 1.54) is 31.4 Å². The predicted octanol–water partition coefficient (Wildman–Crippen LogP) is 4.01. The third kappa shape index (κ3) is 2.38. The van der Waals surface area contributed by atoms with Crippen molar-refractivity contribution in [2.24, 2.45) is 5.41 Å². The topological polar surface area (TPSA) is 64.4 Å². The van der Waals surface area contributed by atoms with Gasteiger partial charge in [-0.25, -0.2) is 0 Å². The fraction of sp³-hybridized carbons (Fsp3) is 0.600. The van der Waals surface area contributed by atoms with E-state index in [2.05, 4.69) is 5.32 Å². The molecule has 2 saturated carbocycles. The van der Waals surface area contributed by atoms with Crippen molar-refractivity contribution < 1.29 is 9.66 Å². The summed E-state index contributed by atoms with van der Waals surface area (Å²) in [4.78, 5) is 10.3. The number of rotatable bonds is 5. The van der Waals surface area contributed by atoms with E-state index in [1.807, 2.05) is 6.92 Å². The van der Waals surface area contributed by atoms with Crippen LogP contribution in [0, 0.1) is 15.5 Å². The molecule has 0 radical (unpaired) electrons. The SMILES string of the molecule is CCOC1CC(Nc2ccc([N+](=O)[O-])cc2Cl)C12CCC2. The van der Waals surface area contributed by atoms with Crippen LogP contribution in [0.5, 0.6) is 0 Å². The van der Waals surface area contributed by atoms with Gasteiger partial charge in [0.15, 0.2) is 0 Å². The van der Waals surface area contributed by atoms with Crippen LogP contribution in [-0.4, -0.2) is 23.7 Å². The van der Waals surface area contributed by atoms with Gasteiger partial charge in [-0.3, -0.25) is 10.1 Å². The molecule has 21 heavy (non-hydrogen) atoms. The summed E-state index contributed by atoms with van der Waals surface area (Å²) in [7, 11) is 0. The summed E-state index contributed by atoms with van der Waals surface area (Å²) in [5.41, 5.74) is 1.03. The highest BCUT2D eigenvalue weighted by Gasteiger charge is 2.58. The second-order valence-corrected chi connectivity index (χ2v) is 6.29. The molecule has 0 saturated heterocycles. The number of non-ortho nitro benzene ring substituents is 1. The largest absolute Gasteiger partial charge is 0.380 e. The molecule has 0 bridgehead atoms. The summed E-state index contributed by atoms with van der Waals surface area (Å²) in [5, 5.41) is 14.6. The van der Waals surface area contributed by atoms with Gasteiger partial charge in [-0.15, -0.1) is 0 Å². The number of halogens is 1. The Morgan fingerprint density at radius 3 is 2.81 bits per heavy atom. The standard InChI is InChI=1S/C15H19ClN2O3/c1-2-21-14-9-13(15(14)6-3-7-15)17-12-5-4-10(18(19)20)8-11(12)16/h4-5,8,13-14,17H,2-3,6-7,9H2,1H3. The van der Waals surface area contributed by atoms with Crippen LogP contribution in [0.1, 0.15) is 32.6 Å². The Morgan fingerprint density at radius 1 is 1.52 bits per heavy atom. The van der Waals surface area contributed by atoms with Crippen molar-refractivity contribution in [1.29, 1.82) is 0 Å². The van der Waals surface area contributed by atoms with Crippen molar-refractivity contribution in [2.45, 2.75) is 44.8 Å². The summed E-state index contributed by atoms with van der Waals surface area (Å²) in [5.74, 6) is 0. The van der Waals surface area contributed by atoms with Gasteiger partial charge in [-0.1, -0.05) is 18.0 Å². The van der Waals surface area contributed by atoms with E-state index >= 15 is 0 Å². The Labute approximate surface area is 128 Å². The van der Waals surface area contributed by atoms with Crippen LogP contribution in [0.25, 0.3) is 0 Å². The molecular weight excluding hydrogens is 292 g/mol. The fourth-order valence-corrected chi connectivity index (χ4v) is 3.79. The Morgan fingerprint density at radius 2 is 2.29 bits per heavy atom. The van der Waals surface area contributed by atoms with Crippen molar-refractivity contribution in [1.82, 2.24) is 0 Å². The first-order chi connectivity index (χ1) is 10.1. The first-order valence-electron chi connectivity index (χ1n) is 7.39. The first-order valence-corrected chi connectivity index (χ1v) is 7.76. The Bertz CT molecular complexity index is 560. The minimum atomic E-state index is -0.433. The van der Waals surface area contributed by atoms with Crippen LogP contribution < -0.4 is 5.32 Å². The Balaban J connectivity index is 1.71. The van der Waals surface area contributed by atoms with E-state index in [0.29, 0.717) is 17.2 Å². The Hall–Kier alpha value is -1.33. The van der Waals surface area contributed by atoms with Crippen molar-refractivity contribution >= 4 is 23.0 Å². The molecule has 0 aromatic heterocycles. The normalized spacial score (nSPS) is 26.0. The van der Waals surface area contributed by atoms with E-state index in [-0.39, 0.29) is 11.1 Å². The van der Waals surface area contributed by atoms with Crippen LogP contribution in [-0.2, 0) is 4.74 Å². The number of hydrogen-bond donors (Lipinski definition) is 1. The maximum atomic E-state index is 10.7. The molecule has 1 N–H and O–H groups in total. The monoisotopic (exact) mass is 310 g/mol. The molecule has 2 fully saturated rings. The van der Waals surface area contributed by atoms with Crippen LogP contribution in [0.15, 0.2) is 18.2 Å². The molecule has 2 aliphatic rings. The zero-order valence-electron chi connectivity index (χ0n) is 12.0. The van der Waals surface area contributed by atoms with Gasteiger partial charge in [-0.2, -0.15) is 0 Å². The molecule has 5 nitrogen and oxygen atoms in total. The van der Waals surface area contributed by atoms with Gasteiger partial charge in [0, 0.05) is 30.2 Å². The van der Waals surface area contributed by atoms with Gasteiger partial charge in [0.2, 0.25) is 0 Å². The molecular formula is C15H19ClN2O3. The predicted molar refractivity (Wildman–Crippen MR) is 81.8 cm³/mol. The third-order valence-electron chi connectivity index (χ3n) is 4.93. The summed E-state index contributed by atoms with van der Waals surface area (Å²) in [6.07, 6.45) is 4.92. The van der Waals surface area contributed by atoms with E-state index in [4.69, 9.17) is 16.3 Å². The average molecular weight is 311 g/mol. The summed E-state index contributed by atoms with van der Waals surface area (Å²) >= 11 is 6.15. The quantitative estimate of drug-likeness (QED) is 0.659. The van der Waals surface area contributed by atoms with E-state index < -0.39 is 4.92 Å². The highest BCUT2D eigenvalue weighted by atomic mass is 35.5. The van der Waals surface area contributed by atoms with Crippen molar-refractivity contribution in [3.05, 3.63) is 33.3 Å². The number of nitro groups is 1. The summed E-state index contributed by atoms with van der Waals surface area (Å²) in [6, 6.07) is 4.93. The van der Waals surface area contributed by atoms with Gasteiger partial charge >= 0.3 is 0 Å². The van der Waals surface area contributed by atoms with Crippen LogP contribution >= 0.6 is 11.6 Å². The molecule has 2 aliphatic carbocycles. The van der Waals surface area contributed by atoms with Gasteiger partial charge in [0.25, 0.3) is 5.69 Å². The number of nitro benzene ring substituents is 1. The van der Waals surface area contributed by atoms with Crippen molar-refractivity contribution in [3.8, 4) is 0 Å². The lowest BCUT2D eigenvalue weighted by atomic mass is 9.51. The van der Waals surface area contributed by atoms with Crippen LogP contribution in [0.4, 0.5) is 11.4 Å². The molecule has 0 amide bonds. The average Bonchev–Trinajstić information content (AvgIpc) is 2.37. The number of nitrogens with zero attached hydrogens (tertiary/aromatic N) is 1. The zero-order chi connectivity index (χ0) is 15.0. The van der Waals surface area contributed by atoms with Gasteiger partial charge in [-0.05, 0) is 32.3 Å². The minimum absolute atomic E-state index is 0.0182. The molecule has 2 atom stereocenters. The van der Waals surface area contributed by atoms with E-state index in [9.17, 15) is 10.1 Å². The Kier molecular flexibility index (Phi) is 3.80. The maximum absolute atomic E-state index is 10.7. The summed E-state index contributed by atoms with van der Waals surface area (Å²) in [6.45, 7) is 2.78. The zero-order valence-corrected chi connectivity index (χ0v) is 12.7. The van der Waals surface area contributed by atoms with Gasteiger partial charge < -0.3 is 10.1 Å². The minimum Gasteiger partial charge on any atom is -0.380 e. The lowest BCUT2D eigenvalue weighted by molar-refractivity contribution is -0.384. The lowest BCUT2D eigenvalue weighted by Gasteiger charge is -2.61. The first kappa shape index (κ1) is 14.6. The fourth-order valence-electron chi connectivity index (χ4n) is 3.56. The second-order valence-electron chi connectivity index (χ2n) is 5.88. The molecule has 1 aromatic carbocycles. The lowest BCUT2D eigenvalue weighted by Crippen LogP contribution is -2.64. The smallest absolute Gasteiger partial charge is 0.271 e. The molecule has 0 aliphatic heterocycles. The number of anilines is 1. The highest BCUT2D eigenvalue weighted by molar-refractivity contribution is 6.33. The number of benzene rings is 1. The van der Waals surface area contributed by atoms with E-state index in [0.717, 1.165) is 18.7 Å².